The minimum Gasteiger partial charge on any atom is -0.504 e. The number of pyridine rings is 1. The molecular weight excluding hydrogens is 308 g/mol. The molecule has 1 aromatic carbocycles. The van der Waals surface area contributed by atoms with Gasteiger partial charge in [0.15, 0.2) is 17.3 Å². The lowest BCUT2D eigenvalue weighted by atomic mass is 10.2. The van der Waals surface area contributed by atoms with Crippen molar-refractivity contribution in [3.63, 3.8) is 0 Å². The molecule has 0 saturated heterocycles. The lowest BCUT2D eigenvalue weighted by Gasteiger charge is -2.08. The van der Waals surface area contributed by atoms with Gasteiger partial charge in [-0.25, -0.2) is 9.98 Å². The topological polar surface area (TPSA) is 54.7 Å². The number of aromatic nitrogens is 1. The van der Waals surface area contributed by atoms with E-state index in [1.807, 2.05) is 19.1 Å². The number of benzene rings is 1. The second-order valence-corrected chi connectivity index (χ2v) is 4.64. The molecule has 0 bridgehead atoms. The van der Waals surface area contributed by atoms with Crippen molar-refractivity contribution in [2.75, 3.05) is 6.61 Å². The quantitative estimate of drug-likeness (QED) is 0.874. The normalized spacial score (nSPS) is 10.8. The van der Waals surface area contributed by atoms with Crippen LogP contribution in [0.15, 0.2) is 46.0 Å². The Hall–Kier alpha value is -1.88. The van der Waals surface area contributed by atoms with Gasteiger partial charge in [-0.3, -0.25) is 0 Å². The first-order valence-electron chi connectivity index (χ1n) is 5.81. The van der Waals surface area contributed by atoms with Gasteiger partial charge in [0, 0.05) is 22.4 Å². The maximum Gasteiger partial charge on any atom is 0.166 e. The van der Waals surface area contributed by atoms with E-state index in [-0.39, 0.29) is 5.75 Å². The average Bonchev–Trinajstić information content (AvgIpc) is 2.42. The molecule has 0 atom stereocenters. The van der Waals surface area contributed by atoms with Crippen molar-refractivity contribution in [2.45, 2.75) is 6.92 Å². The average molecular weight is 321 g/mol. The second-order valence-electron chi connectivity index (χ2n) is 3.72. The molecule has 2 rings (SSSR count). The van der Waals surface area contributed by atoms with E-state index >= 15 is 0 Å². The van der Waals surface area contributed by atoms with Crippen molar-refractivity contribution >= 4 is 28.0 Å². The van der Waals surface area contributed by atoms with Crippen LogP contribution in [-0.4, -0.2) is 22.9 Å². The third kappa shape index (κ3) is 3.54. The van der Waals surface area contributed by atoms with Crippen LogP contribution in [0, 0.1) is 0 Å². The summed E-state index contributed by atoms with van der Waals surface area (Å²) < 4.78 is 6.17. The lowest BCUT2D eigenvalue weighted by Crippen LogP contribution is -1.94. The lowest BCUT2D eigenvalue weighted by molar-refractivity contribution is 0.317. The summed E-state index contributed by atoms with van der Waals surface area (Å²) in [5, 5.41) is 10.1. The van der Waals surface area contributed by atoms with Gasteiger partial charge in [-0.15, -0.1) is 0 Å². The van der Waals surface area contributed by atoms with Gasteiger partial charge in [0.25, 0.3) is 0 Å². The Morgan fingerprint density at radius 2 is 2.26 bits per heavy atom. The highest BCUT2D eigenvalue weighted by Crippen LogP contribution is 2.33. The summed E-state index contributed by atoms with van der Waals surface area (Å²) in [6.07, 6.45) is 3.23. The van der Waals surface area contributed by atoms with Crippen LogP contribution in [-0.2, 0) is 0 Å². The van der Waals surface area contributed by atoms with E-state index in [2.05, 4.69) is 25.9 Å². The number of rotatable bonds is 4. The Morgan fingerprint density at radius 1 is 1.42 bits per heavy atom. The highest BCUT2D eigenvalue weighted by molar-refractivity contribution is 9.10. The number of ether oxygens (including phenoxy) is 1. The first kappa shape index (κ1) is 13.5. The van der Waals surface area contributed by atoms with E-state index in [1.165, 1.54) is 0 Å². The predicted octanol–water partition coefficient (Wildman–Crippen LogP) is 3.70. The zero-order chi connectivity index (χ0) is 13.7. The Labute approximate surface area is 119 Å². The van der Waals surface area contributed by atoms with Crippen molar-refractivity contribution in [3.05, 3.63) is 46.6 Å². The van der Waals surface area contributed by atoms with E-state index in [1.54, 1.807) is 30.6 Å². The van der Waals surface area contributed by atoms with Crippen LogP contribution >= 0.6 is 15.9 Å². The van der Waals surface area contributed by atoms with Crippen LogP contribution in [0.25, 0.3) is 0 Å². The number of hydrogen-bond donors (Lipinski definition) is 1. The van der Waals surface area contributed by atoms with Crippen LogP contribution in [0.2, 0.25) is 0 Å². The fourth-order valence-electron chi connectivity index (χ4n) is 1.52. The Kier molecular flexibility index (Phi) is 4.52. The first-order chi connectivity index (χ1) is 9.20. The van der Waals surface area contributed by atoms with Crippen LogP contribution in [0.1, 0.15) is 12.5 Å². The van der Waals surface area contributed by atoms with Crippen LogP contribution < -0.4 is 4.74 Å². The van der Waals surface area contributed by atoms with Crippen LogP contribution in [0.5, 0.6) is 11.5 Å². The van der Waals surface area contributed by atoms with Gasteiger partial charge >= 0.3 is 0 Å². The molecule has 0 radical (unpaired) electrons. The minimum absolute atomic E-state index is 0.0738. The second kappa shape index (κ2) is 6.33. The Bertz CT molecular complexity index is 585. The Morgan fingerprint density at radius 3 is 2.95 bits per heavy atom. The molecule has 5 heteroatoms. The summed E-state index contributed by atoms with van der Waals surface area (Å²) in [4.78, 5) is 8.29. The smallest absolute Gasteiger partial charge is 0.166 e. The zero-order valence-electron chi connectivity index (χ0n) is 10.4. The maximum absolute atomic E-state index is 10.1. The molecule has 0 amide bonds. The number of phenols is 1. The van der Waals surface area contributed by atoms with Gasteiger partial charge in [-0.05, 0) is 31.2 Å². The van der Waals surface area contributed by atoms with Crippen LogP contribution in [0.4, 0.5) is 5.82 Å². The van der Waals surface area contributed by atoms with E-state index < -0.39 is 0 Å². The molecule has 2 aromatic rings. The molecule has 0 spiro atoms. The Balaban J connectivity index is 2.32. The number of hydrogen-bond acceptors (Lipinski definition) is 4. The van der Waals surface area contributed by atoms with Crippen molar-refractivity contribution < 1.29 is 9.84 Å². The monoisotopic (exact) mass is 320 g/mol. The summed E-state index contributed by atoms with van der Waals surface area (Å²) in [6, 6.07) is 8.95. The summed E-state index contributed by atoms with van der Waals surface area (Å²) >= 11 is 3.37. The molecule has 1 N–H and O–H groups in total. The highest BCUT2D eigenvalue weighted by Gasteiger charge is 2.08. The van der Waals surface area contributed by atoms with Gasteiger partial charge in [-0.2, -0.15) is 0 Å². The van der Waals surface area contributed by atoms with Crippen molar-refractivity contribution in [2.24, 2.45) is 4.99 Å². The highest BCUT2D eigenvalue weighted by atomic mass is 79.9. The van der Waals surface area contributed by atoms with E-state index in [9.17, 15) is 5.11 Å². The number of aromatic hydroxyl groups is 1. The molecule has 0 aliphatic carbocycles. The standard InChI is InChI=1S/C14H13BrN2O2/c1-2-19-12-8-11(15)7-10(14(12)18)9-17-13-5-3-4-6-16-13/h3-9,18H,2H2,1H3. The van der Waals surface area contributed by atoms with E-state index in [4.69, 9.17) is 4.74 Å². The summed E-state index contributed by atoms with van der Waals surface area (Å²) in [5.41, 5.74) is 0.573. The van der Waals surface area contributed by atoms with Gasteiger partial charge in [-0.1, -0.05) is 22.0 Å². The number of halogens is 1. The minimum atomic E-state index is 0.0738. The van der Waals surface area contributed by atoms with E-state index in [0.29, 0.717) is 23.7 Å². The van der Waals surface area contributed by atoms with Crippen LogP contribution in [0.3, 0.4) is 0 Å². The summed E-state index contributed by atoms with van der Waals surface area (Å²) in [5.74, 6) is 1.09. The zero-order valence-corrected chi connectivity index (χ0v) is 12.0. The van der Waals surface area contributed by atoms with Crippen molar-refractivity contribution in [1.82, 2.24) is 4.98 Å². The first-order valence-corrected chi connectivity index (χ1v) is 6.60. The number of nitrogens with zero attached hydrogens (tertiary/aromatic N) is 2. The van der Waals surface area contributed by atoms with E-state index in [0.717, 1.165) is 4.47 Å². The van der Waals surface area contributed by atoms with Gasteiger partial charge in [0.1, 0.15) is 0 Å². The molecule has 0 saturated carbocycles. The molecular formula is C14H13BrN2O2. The summed E-state index contributed by atoms with van der Waals surface area (Å²) in [6.45, 7) is 2.35. The predicted molar refractivity (Wildman–Crippen MR) is 78.5 cm³/mol. The molecule has 0 aliphatic heterocycles. The van der Waals surface area contributed by atoms with Crippen molar-refractivity contribution in [1.29, 1.82) is 0 Å². The third-order valence-electron chi connectivity index (χ3n) is 2.35. The fraction of sp³-hybridized carbons (Fsp3) is 0.143. The largest absolute Gasteiger partial charge is 0.504 e. The van der Waals surface area contributed by atoms with Gasteiger partial charge < -0.3 is 9.84 Å². The SMILES string of the molecule is CCOc1cc(Br)cc(C=Nc2ccccn2)c1O. The van der Waals surface area contributed by atoms with Gasteiger partial charge in [0.05, 0.1) is 6.61 Å². The number of phenolic OH excluding ortho intramolecular Hbond substituents is 1. The molecule has 4 nitrogen and oxygen atoms in total. The molecule has 0 unspecified atom stereocenters. The molecule has 0 fully saturated rings. The fourth-order valence-corrected chi connectivity index (χ4v) is 1.98. The molecule has 0 aliphatic rings. The summed E-state index contributed by atoms with van der Waals surface area (Å²) in [7, 11) is 0. The molecule has 98 valence electrons. The number of aliphatic imine (C=N–C) groups is 1. The molecule has 19 heavy (non-hydrogen) atoms. The molecule has 1 aromatic heterocycles. The maximum atomic E-state index is 10.1. The van der Waals surface area contributed by atoms with Gasteiger partial charge in [0.2, 0.25) is 0 Å². The third-order valence-corrected chi connectivity index (χ3v) is 2.81. The van der Waals surface area contributed by atoms with Crippen molar-refractivity contribution in [3.8, 4) is 11.5 Å². The molecule has 1 heterocycles.